The quantitative estimate of drug-likeness (QED) is 0.691. The van der Waals surface area contributed by atoms with E-state index in [4.69, 9.17) is 0 Å². The summed E-state index contributed by atoms with van der Waals surface area (Å²) in [6, 6.07) is 1.67. The molecule has 3 rings (SSSR count). The van der Waals surface area contributed by atoms with Gasteiger partial charge in [-0.2, -0.15) is 0 Å². The third kappa shape index (κ3) is 1.10. The third-order valence-electron chi connectivity index (χ3n) is 5.25. The number of rotatable bonds is 2. The molecule has 0 radical (unpaired) electrons. The molecule has 3 fully saturated rings. The predicted molar refractivity (Wildman–Crippen MR) is 58.1 cm³/mol. The molecular weight excluding hydrogens is 172 g/mol. The van der Waals surface area contributed by atoms with Crippen LogP contribution in [0, 0.1) is 23.7 Å². The van der Waals surface area contributed by atoms with Gasteiger partial charge in [0.25, 0.3) is 0 Å². The molecule has 3 aliphatic carbocycles. The molecule has 0 saturated heterocycles. The van der Waals surface area contributed by atoms with Crippen LogP contribution < -0.4 is 10.6 Å². The second-order valence-corrected chi connectivity index (χ2v) is 5.58. The molecule has 6 unspecified atom stereocenters. The normalized spacial score (nSPS) is 55.3. The van der Waals surface area contributed by atoms with Gasteiger partial charge in [-0.05, 0) is 63.5 Å². The highest BCUT2D eigenvalue weighted by Crippen LogP contribution is 2.58. The Morgan fingerprint density at radius 3 is 2.29 bits per heavy atom. The molecule has 3 saturated carbocycles. The van der Waals surface area contributed by atoms with E-state index in [-0.39, 0.29) is 0 Å². The fourth-order valence-electron chi connectivity index (χ4n) is 4.64. The first-order chi connectivity index (χ1) is 6.83. The van der Waals surface area contributed by atoms with E-state index in [0.717, 1.165) is 35.8 Å². The van der Waals surface area contributed by atoms with Crippen molar-refractivity contribution in [1.82, 2.24) is 10.6 Å². The lowest BCUT2D eigenvalue weighted by Gasteiger charge is -2.31. The van der Waals surface area contributed by atoms with Gasteiger partial charge in [-0.3, -0.25) is 0 Å². The SMILES string of the molecule is CNC1CC2C3CC(NC)C(C3)C2C1. The van der Waals surface area contributed by atoms with Crippen LogP contribution in [0.1, 0.15) is 25.7 Å². The van der Waals surface area contributed by atoms with Gasteiger partial charge in [0.15, 0.2) is 0 Å². The molecule has 6 atom stereocenters. The molecule has 0 aromatic heterocycles. The molecule has 80 valence electrons. The van der Waals surface area contributed by atoms with Gasteiger partial charge in [0.2, 0.25) is 0 Å². The molecule has 2 nitrogen and oxygen atoms in total. The summed E-state index contributed by atoms with van der Waals surface area (Å²) in [4.78, 5) is 0. The maximum absolute atomic E-state index is 3.52. The van der Waals surface area contributed by atoms with E-state index >= 15 is 0 Å². The van der Waals surface area contributed by atoms with Gasteiger partial charge in [-0.1, -0.05) is 0 Å². The van der Waals surface area contributed by atoms with Crippen molar-refractivity contribution in [3.63, 3.8) is 0 Å². The summed E-state index contributed by atoms with van der Waals surface area (Å²) in [5.41, 5.74) is 0. The van der Waals surface area contributed by atoms with Crippen molar-refractivity contribution < 1.29 is 0 Å². The van der Waals surface area contributed by atoms with E-state index in [2.05, 4.69) is 24.7 Å². The maximum atomic E-state index is 3.52. The van der Waals surface area contributed by atoms with Gasteiger partial charge >= 0.3 is 0 Å². The average Bonchev–Trinajstić information content (AvgIpc) is 2.87. The fraction of sp³-hybridized carbons (Fsp3) is 1.00. The molecule has 0 aromatic rings. The van der Waals surface area contributed by atoms with Crippen LogP contribution in [0.2, 0.25) is 0 Å². The number of nitrogens with one attached hydrogen (secondary N) is 2. The smallest absolute Gasteiger partial charge is 0.00979 e. The van der Waals surface area contributed by atoms with Gasteiger partial charge < -0.3 is 10.6 Å². The van der Waals surface area contributed by atoms with Crippen LogP contribution in [0.15, 0.2) is 0 Å². The predicted octanol–water partition coefficient (Wildman–Crippen LogP) is 1.23. The highest BCUT2D eigenvalue weighted by molar-refractivity contribution is 5.07. The molecule has 0 heterocycles. The lowest BCUT2D eigenvalue weighted by molar-refractivity contribution is 0.215. The van der Waals surface area contributed by atoms with E-state index < -0.39 is 0 Å². The molecule has 0 aromatic carbocycles. The van der Waals surface area contributed by atoms with Crippen LogP contribution in [0.3, 0.4) is 0 Å². The second-order valence-electron chi connectivity index (χ2n) is 5.58. The molecule has 0 amide bonds. The first-order valence-corrected chi connectivity index (χ1v) is 6.18. The Morgan fingerprint density at radius 1 is 0.786 bits per heavy atom. The first-order valence-electron chi connectivity index (χ1n) is 6.18. The van der Waals surface area contributed by atoms with Crippen molar-refractivity contribution in [3.05, 3.63) is 0 Å². The first kappa shape index (κ1) is 9.17. The lowest BCUT2D eigenvalue weighted by Crippen LogP contribution is -2.37. The lowest BCUT2D eigenvalue weighted by atomic mass is 9.79. The number of hydrogen-bond acceptors (Lipinski definition) is 2. The Bertz CT molecular complexity index is 226. The van der Waals surface area contributed by atoms with Crippen molar-refractivity contribution in [1.29, 1.82) is 0 Å². The fourth-order valence-corrected chi connectivity index (χ4v) is 4.64. The number of hydrogen-bond donors (Lipinski definition) is 2. The largest absolute Gasteiger partial charge is 0.317 e. The van der Waals surface area contributed by atoms with Gasteiger partial charge in [0, 0.05) is 12.1 Å². The molecule has 2 heteroatoms. The highest BCUT2D eigenvalue weighted by atomic mass is 14.9. The molecule has 2 bridgehead atoms. The van der Waals surface area contributed by atoms with E-state index in [9.17, 15) is 0 Å². The minimum atomic E-state index is 0.825. The van der Waals surface area contributed by atoms with E-state index in [1.807, 2.05) is 0 Å². The summed E-state index contributed by atoms with van der Waals surface area (Å²) in [5, 5.41) is 6.99. The van der Waals surface area contributed by atoms with Crippen LogP contribution in [-0.2, 0) is 0 Å². The second kappa shape index (κ2) is 3.21. The third-order valence-corrected chi connectivity index (χ3v) is 5.25. The summed E-state index contributed by atoms with van der Waals surface area (Å²) in [6.45, 7) is 0. The van der Waals surface area contributed by atoms with Gasteiger partial charge in [0.05, 0.1) is 0 Å². The van der Waals surface area contributed by atoms with Gasteiger partial charge in [0.1, 0.15) is 0 Å². The molecular formula is C12H22N2. The van der Waals surface area contributed by atoms with Gasteiger partial charge in [-0.15, -0.1) is 0 Å². The Balaban J connectivity index is 1.75. The monoisotopic (exact) mass is 194 g/mol. The zero-order valence-electron chi connectivity index (χ0n) is 9.29. The topological polar surface area (TPSA) is 24.1 Å². The molecule has 0 spiro atoms. The van der Waals surface area contributed by atoms with Crippen molar-refractivity contribution in [2.45, 2.75) is 37.8 Å². The number of fused-ring (bicyclic) bond motifs is 5. The van der Waals surface area contributed by atoms with Gasteiger partial charge in [-0.25, -0.2) is 0 Å². The Kier molecular flexibility index (Phi) is 2.10. The van der Waals surface area contributed by atoms with Crippen molar-refractivity contribution in [3.8, 4) is 0 Å². The van der Waals surface area contributed by atoms with Crippen LogP contribution in [0.25, 0.3) is 0 Å². The summed E-state index contributed by atoms with van der Waals surface area (Å²) >= 11 is 0. The Morgan fingerprint density at radius 2 is 1.57 bits per heavy atom. The van der Waals surface area contributed by atoms with Crippen LogP contribution in [0.4, 0.5) is 0 Å². The van der Waals surface area contributed by atoms with Crippen LogP contribution in [-0.4, -0.2) is 26.2 Å². The van der Waals surface area contributed by atoms with Crippen molar-refractivity contribution in [2.75, 3.05) is 14.1 Å². The average molecular weight is 194 g/mol. The Hall–Kier alpha value is -0.0800. The molecule has 2 N–H and O–H groups in total. The minimum Gasteiger partial charge on any atom is -0.317 e. The minimum absolute atomic E-state index is 0.825. The standard InChI is InChI=1S/C12H22N2/c1-13-8-5-9-7-3-11(10(9)6-8)12(4-7)14-2/h7-14H,3-6H2,1-2H3. The van der Waals surface area contributed by atoms with Crippen LogP contribution >= 0.6 is 0 Å². The molecule has 0 aliphatic heterocycles. The van der Waals surface area contributed by atoms with Crippen LogP contribution in [0.5, 0.6) is 0 Å². The van der Waals surface area contributed by atoms with Crippen molar-refractivity contribution >= 4 is 0 Å². The zero-order chi connectivity index (χ0) is 9.71. The van der Waals surface area contributed by atoms with E-state index in [0.29, 0.717) is 0 Å². The van der Waals surface area contributed by atoms with E-state index in [1.54, 1.807) is 0 Å². The van der Waals surface area contributed by atoms with Crippen molar-refractivity contribution in [2.24, 2.45) is 23.7 Å². The summed E-state index contributed by atoms with van der Waals surface area (Å²) in [5.74, 6) is 4.18. The highest BCUT2D eigenvalue weighted by Gasteiger charge is 2.55. The summed E-state index contributed by atoms with van der Waals surface area (Å²) in [7, 11) is 4.27. The summed E-state index contributed by atoms with van der Waals surface area (Å²) in [6.07, 6.45) is 5.88. The molecule has 14 heavy (non-hydrogen) atoms. The Labute approximate surface area is 86.8 Å². The maximum Gasteiger partial charge on any atom is 0.00979 e. The summed E-state index contributed by atoms with van der Waals surface area (Å²) < 4.78 is 0. The zero-order valence-corrected chi connectivity index (χ0v) is 9.29. The van der Waals surface area contributed by atoms with E-state index in [1.165, 1.54) is 25.7 Å². The molecule has 3 aliphatic rings.